The van der Waals surface area contributed by atoms with E-state index in [1.165, 1.54) is 0 Å². The number of nitrogens with two attached hydrogens (primary N) is 1. The smallest absolute Gasteiger partial charge is 0.147 e. The van der Waals surface area contributed by atoms with Crippen LogP contribution in [0.5, 0.6) is 0 Å². The molecule has 1 aliphatic heterocycles. The molecule has 1 aromatic heterocycles. The van der Waals surface area contributed by atoms with Crippen molar-refractivity contribution in [3.8, 4) is 0 Å². The summed E-state index contributed by atoms with van der Waals surface area (Å²) in [6, 6.07) is 0.604. The van der Waals surface area contributed by atoms with Crippen molar-refractivity contribution in [3.63, 3.8) is 0 Å². The molecule has 0 spiro atoms. The number of piperazine rings is 1. The van der Waals surface area contributed by atoms with E-state index in [0.717, 1.165) is 37.6 Å². The van der Waals surface area contributed by atoms with Gasteiger partial charge >= 0.3 is 0 Å². The summed E-state index contributed by atoms with van der Waals surface area (Å²) in [7, 11) is 2.19. The van der Waals surface area contributed by atoms with Crippen molar-refractivity contribution < 1.29 is 0 Å². The summed E-state index contributed by atoms with van der Waals surface area (Å²) in [6.45, 7) is 5.79. The molecule has 1 atom stereocenters. The maximum absolute atomic E-state index is 5.59. The van der Waals surface area contributed by atoms with Crippen LogP contribution in [0.25, 0.3) is 0 Å². The second-order valence-corrected chi connectivity index (χ2v) is 4.56. The lowest BCUT2D eigenvalue weighted by atomic mass is 10.1. The topological polar surface area (TPSA) is 58.3 Å². The maximum Gasteiger partial charge on any atom is 0.147 e. The Kier molecular flexibility index (Phi) is 3.91. The van der Waals surface area contributed by atoms with Crippen LogP contribution in [0.2, 0.25) is 0 Å². The van der Waals surface area contributed by atoms with Crippen molar-refractivity contribution in [1.29, 1.82) is 0 Å². The summed E-state index contributed by atoms with van der Waals surface area (Å²) in [4.78, 5) is 13.5. The van der Waals surface area contributed by atoms with E-state index in [-0.39, 0.29) is 0 Å². The van der Waals surface area contributed by atoms with E-state index in [4.69, 9.17) is 5.73 Å². The predicted molar refractivity (Wildman–Crippen MR) is 68.8 cm³/mol. The van der Waals surface area contributed by atoms with E-state index in [0.29, 0.717) is 12.6 Å². The summed E-state index contributed by atoms with van der Waals surface area (Å²) < 4.78 is 0. The Morgan fingerprint density at radius 2 is 2.24 bits per heavy atom. The molecule has 94 valence electrons. The first kappa shape index (κ1) is 12.3. The molecule has 1 fully saturated rings. The van der Waals surface area contributed by atoms with Crippen LogP contribution in [0.3, 0.4) is 0 Å². The van der Waals surface area contributed by atoms with Crippen LogP contribution in [0.15, 0.2) is 12.4 Å². The van der Waals surface area contributed by atoms with Crippen molar-refractivity contribution in [2.24, 2.45) is 5.73 Å². The number of nitrogens with zero attached hydrogens (tertiary/aromatic N) is 4. The SMILES string of the molecule is CCC1CN(c2cncc(CN)n2)CCN1C. The molecule has 1 aliphatic rings. The monoisotopic (exact) mass is 235 g/mol. The van der Waals surface area contributed by atoms with Crippen LogP contribution < -0.4 is 10.6 Å². The summed E-state index contributed by atoms with van der Waals surface area (Å²) in [5, 5.41) is 0. The standard InChI is InChI=1S/C12H21N5/c1-3-11-9-17(5-4-16(11)2)12-8-14-7-10(6-13)15-12/h7-8,11H,3-6,9,13H2,1-2H3. The highest BCUT2D eigenvalue weighted by Gasteiger charge is 2.23. The molecule has 0 aromatic carbocycles. The second-order valence-electron chi connectivity index (χ2n) is 4.56. The number of aromatic nitrogens is 2. The van der Waals surface area contributed by atoms with Gasteiger partial charge in [0.1, 0.15) is 5.82 Å². The van der Waals surface area contributed by atoms with Crippen LogP contribution in [-0.2, 0) is 6.54 Å². The first-order valence-electron chi connectivity index (χ1n) is 6.20. The summed E-state index contributed by atoms with van der Waals surface area (Å²) >= 11 is 0. The van der Waals surface area contributed by atoms with Gasteiger partial charge < -0.3 is 10.6 Å². The third-order valence-electron chi connectivity index (χ3n) is 3.45. The van der Waals surface area contributed by atoms with Gasteiger partial charge in [-0.2, -0.15) is 0 Å². The number of likely N-dealkylation sites (N-methyl/N-ethyl adjacent to an activating group) is 1. The van der Waals surface area contributed by atoms with Crippen LogP contribution in [0, 0.1) is 0 Å². The molecule has 0 bridgehead atoms. The summed E-state index contributed by atoms with van der Waals surface area (Å²) in [5.74, 6) is 0.958. The average molecular weight is 235 g/mol. The fourth-order valence-corrected chi connectivity index (χ4v) is 2.24. The van der Waals surface area contributed by atoms with Gasteiger partial charge in [-0.1, -0.05) is 6.92 Å². The first-order valence-corrected chi connectivity index (χ1v) is 6.20. The lowest BCUT2D eigenvalue weighted by molar-refractivity contribution is 0.213. The highest BCUT2D eigenvalue weighted by Crippen LogP contribution is 2.17. The van der Waals surface area contributed by atoms with Crippen molar-refractivity contribution >= 4 is 5.82 Å². The Bertz CT molecular complexity index is 368. The van der Waals surface area contributed by atoms with Gasteiger partial charge in [0, 0.05) is 38.4 Å². The van der Waals surface area contributed by atoms with Gasteiger partial charge in [-0.25, -0.2) is 4.98 Å². The first-order chi connectivity index (χ1) is 8.24. The molecule has 0 radical (unpaired) electrons. The third-order valence-corrected chi connectivity index (χ3v) is 3.45. The zero-order valence-electron chi connectivity index (χ0n) is 10.6. The van der Waals surface area contributed by atoms with E-state index in [9.17, 15) is 0 Å². The number of hydrogen-bond acceptors (Lipinski definition) is 5. The molecule has 0 saturated carbocycles. The highest BCUT2D eigenvalue weighted by molar-refractivity contribution is 5.37. The number of anilines is 1. The molecule has 2 heterocycles. The summed E-state index contributed by atoms with van der Waals surface area (Å²) in [6.07, 6.45) is 4.73. The van der Waals surface area contributed by atoms with Crippen LogP contribution in [-0.4, -0.2) is 47.6 Å². The molecule has 5 heteroatoms. The molecule has 1 unspecified atom stereocenters. The molecule has 1 saturated heterocycles. The van der Waals surface area contributed by atoms with Crippen LogP contribution in [0.1, 0.15) is 19.0 Å². The Balaban J connectivity index is 2.11. The Morgan fingerprint density at radius 3 is 2.94 bits per heavy atom. The zero-order chi connectivity index (χ0) is 12.3. The molecule has 0 amide bonds. The van der Waals surface area contributed by atoms with Gasteiger partial charge in [-0.15, -0.1) is 0 Å². The fourth-order valence-electron chi connectivity index (χ4n) is 2.24. The van der Waals surface area contributed by atoms with Gasteiger partial charge in [-0.3, -0.25) is 9.88 Å². The normalized spacial score (nSPS) is 21.8. The minimum absolute atomic E-state index is 0.450. The quantitative estimate of drug-likeness (QED) is 0.825. The predicted octanol–water partition coefficient (Wildman–Crippen LogP) is 0.466. The largest absolute Gasteiger partial charge is 0.352 e. The van der Waals surface area contributed by atoms with Crippen LogP contribution in [0.4, 0.5) is 5.82 Å². The van der Waals surface area contributed by atoms with Crippen LogP contribution >= 0.6 is 0 Å². The Morgan fingerprint density at radius 1 is 1.41 bits per heavy atom. The molecule has 0 aliphatic carbocycles. The van der Waals surface area contributed by atoms with Crippen molar-refractivity contribution in [2.45, 2.75) is 25.9 Å². The van der Waals surface area contributed by atoms with Gasteiger partial charge in [0.25, 0.3) is 0 Å². The van der Waals surface area contributed by atoms with Crippen molar-refractivity contribution in [1.82, 2.24) is 14.9 Å². The average Bonchev–Trinajstić information content (AvgIpc) is 2.39. The Labute approximate surface area is 103 Å². The maximum atomic E-state index is 5.59. The molecule has 1 aromatic rings. The molecule has 2 N–H and O–H groups in total. The second kappa shape index (κ2) is 5.42. The van der Waals surface area contributed by atoms with Crippen molar-refractivity contribution in [2.75, 3.05) is 31.6 Å². The van der Waals surface area contributed by atoms with Crippen molar-refractivity contribution in [3.05, 3.63) is 18.1 Å². The van der Waals surface area contributed by atoms with Gasteiger partial charge in [-0.05, 0) is 13.5 Å². The minimum atomic E-state index is 0.450. The van der Waals surface area contributed by atoms with E-state index in [1.807, 2.05) is 6.20 Å². The zero-order valence-corrected chi connectivity index (χ0v) is 10.6. The van der Waals surface area contributed by atoms with E-state index < -0.39 is 0 Å². The summed E-state index contributed by atoms with van der Waals surface area (Å²) in [5.41, 5.74) is 6.45. The molecule has 5 nitrogen and oxygen atoms in total. The molecular weight excluding hydrogens is 214 g/mol. The van der Waals surface area contributed by atoms with E-state index in [1.54, 1.807) is 6.20 Å². The fraction of sp³-hybridized carbons (Fsp3) is 0.667. The molecular formula is C12H21N5. The van der Waals surface area contributed by atoms with Gasteiger partial charge in [0.2, 0.25) is 0 Å². The van der Waals surface area contributed by atoms with E-state index >= 15 is 0 Å². The number of rotatable bonds is 3. The lowest BCUT2D eigenvalue weighted by Gasteiger charge is -2.39. The minimum Gasteiger partial charge on any atom is -0.352 e. The lowest BCUT2D eigenvalue weighted by Crippen LogP contribution is -2.51. The number of hydrogen-bond donors (Lipinski definition) is 1. The van der Waals surface area contributed by atoms with Gasteiger partial charge in [0.15, 0.2) is 0 Å². The Hall–Kier alpha value is -1.20. The third kappa shape index (κ3) is 2.73. The van der Waals surface area contributed by atoms with Gasteiger partial charge in [0.05, 0.1) is 11.9 Å². The molecule has 2 rings (SSSR count). The molecule has 17 heavy (non-hydrogen) atoms. The van der Waals surface area contributed by atoms with E-state index in [2.05, 4.69) is 33.7 Å². The highest BCUT2D eigenvalue weighted by atomic mass is 15.3.